The number of hydrogen-bond donors (Lipinski definition) is 0. The van der Waals surface area contributed by atoms with Crippen LogP contribution in [0.3, 0.4) is 0 Å². The lowest BCUT2D eigenvalue weighted by Crippen LogP contribution is -2.41. The average molecular weight is 241 g/mol. The number of hydrogen-bond acceptors (Lipinski definition) is 3. The van der Waals surface area contributed by atoms with Crippen molar-refractivity contribution in [1.82, 2.24) is 0 Å². The van der Waals surface area contributed by atoms with E-state index in [0.717, 1.165) is 5.56 Å². The van der Waals surface area contributed by atoms with Crippen molar-refractivity contribution in [3.05, 3.63) is 23.8 Å². The Hall–Kier alpha value is -1.23. The van der Waals surface area contributed by atoms with E-state index >= 15 is 0 Å². The summed E-state index contributed by atoms with van der Waals surface area (Å²) in [5.74, 6) is 0.634. The van der Waals surface area contributed by atoms with Crippen molar-refractivity contribution in [2.45, 2.75) is 20.0 Å². The average Bonchev–Trinajstić information content (AvgIpc) is 2.16. The summed E-state index contributed by atoms with van der Waals surface area (Å²) in [6.45, 7) is 4.16. The molecule has 0 amide bonds. The fourth-order valence-corrected chi connectivity index (χ4v) is 2.80. The van der Waals surface area contributed by atoms with Crippen molar-refractivity contribution in [3.63, 3.8) is 0 Å². The van der Waals surface area contributed by atoms with Gasteiger partial charge in [0.15, 0.2) is 0 Å². The maximum atomic E-state index is 11.7. The number of benzene rings is 1. The van der Waals surface area contributed by atoms with Crippen LogP contribution in [0.1, 0.15) is 12.5 Å². The molecule has 0 aromatic heterocycles. The molecule has 1 unspecified atom stereocenters. The van der Waals surface area contributed by atoms with Gasteiger partial charge in [0.1, 0.15) is 11.9 Å². The van der Waals surface area contributed by atoms with Gasteiger partial charge in [-0.15, -0.1) is 0 Å². The summed E-state index contributed by atoms with van der Waals surface area (Å²) in [6.07, 6.45) is 1.10. The molecule has 0 radical (unpaired) electrons. The number of rotatable bonds is 1. The third kappa shape index (κ3) is 2.00. The quantitative estimate of drug-likeness (QED) is 0.749. The zero-order chi connectivity index (χ0) is 11.9. The van der Waals surface area contributed by atoms with E-state index in [9.17, 15) is 8.42 Å². The Morgan fingerprint density at radius 3 is 2.75 bits per heavy atom. The highest BCUT2D eigenvalue weighted by molar-refractivity contribution is 7.92. The minimum absolute atomic E-state index is 0.120. The Kier molecular flexibility index (Phi) is 2.58. The molecule has 1 aliphatic heterocycles. The van der Waals surface area contributed by atoms with Crippen LogP contribution in [0.4, 0.5) is 5.69 Å². The summed E-state index contributed by atoms with van der Waals surface area (Å²) in [6, 6.07) is 5.57. The van der Waals surface area contributed by atoms with Crippen molar-refractivity contribution in [1.29, 1.82) is 0 Å². The smallest absolute Gasteiger partial charge is 0.232 e. The predicted molar refractivity (Wildman–Crippen MR) is 63.5 cm³/mol. The zero-order valence-electron chi connectivity index (χ0n) is 9.60. The minimum atomic E-state index is -3.24. The Labute approximate surface area is 95.9 Å². The highest BCUT2D eigenvalue weighted by Crippen LogP contribution is 2.35. The Bertz CT molecular complexity index is 510. The first-order valence-corrected chi connectivity index (χ1v) is 6.98. The minimum Gasteiger partial charge on any atom is -0.487 e. The molecule has 0 saturated heterocycles. The van der Waals surface area contributed by atoms with Crippen molar-refractivity contribution in [3.8, 4) is 5.75 Å². The molecule has 5 heteroatoms. The number of sulfonamides is 1. The number of ether oxygens (including phenoxy) is 1. The molecule has 0 saturated carbocycles. The van der Waals surface area contributed by atoms with E-state index in [2.05, 4.69) is 0 Å². The van der Waals surface area contributed by atoms with E-state index in [0.29, 0.717) is 18.0 Å². The summed E-state index contributed by atoms with van der Waals surface area (Å²) >= 11 is 0. The predicted octanol–water partition coefficient (Wildman–Crippen LogP) is 1.54. The molecule has 1 aromatic rings. The summed E-state index contributed by atoms with van der Waals surface area (Å²) < 4.78 is 30.4. The molecule has 1 atom stereocenters. The van der Waals surface area contributed by atoms with Gasteiger partial charge in [-0.3, -0.25) is 4.31 Å². The molecule has 88 valence electrons. The zero-order valence-corrected chi connectivity index (χ0v) is 10.4. The highest BCUT2D eigenvalue weighted by atomic mass is 32.2. The van der Waals surface area contributed by atoms with Crippen LogP contribution in [0.15, 0.2) is 18.2 Å². The van der Waals surface area contributed by atoms with Crippen LogP contribution < -0.4 is 9.04 Å². The van der Waals surface area contributed by atoms with Crippen molar-refractivity contribution >= 4 is 15.7 Å². The van der Waals surface area contributed by atoms with Crippen molar-refractivity contribution in [2.75, 3.05) is 17.1 Å². The maximum Gasteiger partial charge on any atom is 0.232 e. The van der Waals surface area contributed by atoms with E-state index in [1.807, 2.05) is 32.0 Å². The second-order valence-electron chi connectivity index (χ2n) is 4.19. The van der Waals surface area contributed by atoms with Crippen LogP contribution in [0.5, 0.6) is 5.75 Å². The third-order valence-electron chi connectivity index (χ3n) is 2.53. The van der Waals surface area contributed by atoms with E-state index in [1.165, 1.54) is 10.6 Å². The topological polar surface area (TPSA) is 46.6 Å². The summed E-state index contributed by atoms with van der Waals surface area (Å²) in [5, 5.41) is 0. The first-order valence-electron chi connectivity index (χ1n) is 5.13. The van der Waals surface area contributed by atoms with Gasteiger partial charge in [0.05, 0.1) is 18.5 Å². The van der Waals surface area contributed by atoms with Gasteiger partial charge in [-0.05, 0) is 31.5 Å². The van der Waals surface area contributed by atoms with Gasteiger partial charge in [0.2, 0.25) is 10.0 Å². The van der Waals surface area contributed by atoms with Crippen LogP contribution in [0.2, 0.25) is 0 Å². The van der Waals surface area contributed by atoms with Crippen molar-refractivity contribution < 1.29 is 13.2 Å². The molecule has 0 fully saturated rings. The first-order chi connectivity index (χ1) is 7.38. The fourth-order valence-electron chi connectivity index (χ4n) is 1.82. The molecular formula is C11H15NO3S. The van der Waals surface area contributed by atoms with E-state index in [1.54, 1.807) is 0 Å². The normalized spacial score (nSPS) is 20.2. The Morgan fingerprint density at radius 1 is 1.44 bits per heavy atom. The number of nitrogens with zero attached hydrogens (tertiary/aromatic N) is 1. The molecule has 1 aromatic carbocycles. The van der Waals surface area contributed by atoms with Gasteiger partial charge < -0.3 is 4.74 Å². The Morgan fingerprint density at radius 2 is 2.12 bits per heavy atom. The number of fused-ring (bicyclic) bond motifs is 1. The van der Waals surface area contributed by atoms with Crippen LogP contribution in [0.25, 0.3) is 0 Å². The molecule has 4 nitrogen and oxygen atoms in total. The SMILES string of the molecule is Cc1ccc2c(c1)N(S(C)(=O)=O)CC(C)O2. The molecule has 0 spiro atoms. The molecular weight excluding hydrogens is 226 g/mol. The molecule has 0 aliphatic carbocycles. The van der Waals surface area contributed by atoms with E-state index in [-0.39, 0.29) is 6.10 Å². The lowest BCUT2D eigenvalue weighted by Gasteiger charge is -2.33. The maximum absolute atomic E-state index is 11.7. The van der Waals surface area contributed by atoms with Gasteiger partial charge in [0.25, 0.3) is 0 Å². The van der Waals surface area contributed by atoms with E-state index < -0.39 is 10.0 Å². The molecule has 1 aliphatic rings. The van der Waals surface area contributed by atoms with Crippen LogP contribution >= 0.6 is 0 Å². The summed E-state index contributed by atoms with van der Waals surface area (Å²) in [4.78, 5) is 0. The van der Waals surface area contributed by atoms with Gasteiger partial charge in [-0.1, -0.05) is 6.07 Å². The van der Waals surface area contributed by atoms with Crippen LogP contribution in [-0.4, -0.2) is 27.3 Å². The third-order valence-corrected chi connectivity index (χ3v) is 3.68. The molecule has 2 rings (SSSR count). The standard InChI is InChI=1S/C11H15NO3S/c1-8-4-5-11-10(6-8)12(16(3,13)14)7-9(2)15-11/h4-6,9H,7H2,1-3H3. The molecule has 16 heavy (non-hydrogen) atoms. The Balaban J connectivity index is 2.56. The molecule has 0 N–H and O–H groups in total. The fraction of sp³-hybridized carbons (Fsp3) is 0.455. The van der Waals surface area contributed by atoms with Gasteiger partial charge in [-0.25, -0.2) is 8.42 Å². The summed E-state index contributed by atoms with van der Waals surface area (Å²) in [5.41, 5.74) is 1.66. The lowest BCUT2D eigenvalue weighted by atomic mass is 10.2. The number of anilines is 1. The van der Waals surface area contributed by atoms with Gasteiger partial charge in [0, 0.05) is 0 Å². The second kappa shape index (κ2) is 3.66. The molecule has 1 heterocycles. The van der Waals surface area contributed by atoms with Crippen LogP contribution in [0, 0.1) is 6.92 Å². The highest BCUT2D eigenvalue weighted by Gasteiger charge is 2.28. The van der Waals surface area contributed by atoms with Crippen LogP contribution in [-0.2, 0) is 10.0 Å². The monoisotopic (exact) mass is 241 g/mol. The largest absolute Gasteiger partial charge is 0.487 e. The van der Waals surface area contributed by atoms with E-state index in [4.69, 9.17) is 4.74 Å². The van der Waals surface area contributed by atoms with Crippen molar-refractivity contribution in [2.24, 2.45) is 0 Å². The summed E-state index contributed by atoms with van der Waals surface area (Å²) in [7, 11) is -3.24. The van der Waals surface area contributed by atoms with Gasteiger partial charge >= 0.3 is 0 Å². The first kappa shape index (κ1) is 11.3. The van der Waals surface area contributed by atoms with Gasteiger partial charge in [-0.2, -0.15) is 0 Å². The lowest BCUT2D eigenvalue weighted by molar-refractivity contribution is 0.219. The second-order valence-corrected chi connectivity index (χ2v) is 6.10. The number of aryl methyl sites for hydroxylation is 1. The molecule has 0 bridgehead atoms.